The summed E-state index contributed by atoms with van der Waals surface area (Å²) in [6, 6.07) is 8.20. The Morgan fingerprint density at radius 2 is 1.83 bits per heavy atom. The Morgan fingerprint density at radius 3 is 2.25 bits per heavy atom. The van der Waals surface area contributed by atoms with Gasteiger partial charge in [0.15, 0.2) is 0 Å². The van der Waals surface area contributed by atoms with Crippen molar-refractivity contribution >= 4 is 9.69 Å². The van der Waals surface area contributed by atoms with Crippen molar-refractivity contribution in [3.05, 3.63) is 24.3 Å². The second-order valence-corrected chi connectivity index (χ2v) is 1.78. The monoisotopic (exact) mass is 236 g/mol. The first kappa shape index (κ1) is 11.7. The number of ether oxygens (including phenoxy) is 2. The van der Waals surface area contributed by atoms with Crippen LogP contribution in [0.2, 0.25) is 0 Å². The van der Waals surface area contributed by atoms with Gasteiger partial charge in [0.25, 0.3) is 0 Å². The van der Waals surface area contributed by atoms with Gasteiger partial charge in [-0.3, -0.25) is 0 Å². The van der Waals surface area contributed by atoms with E-state index in [4.69, 9.17) is 19.2 Å². The molecule has 1 aromatic carbocycles. The first-order valence-electron chi connectivity index (χ1n) is 3.23. The number of methoxy groups -OCH3 is 2. The first-order chi connectivity index (χ1) is 5.88. The minimum atomic E-state index is 0.713. The van der Waals surface area contributed by atoms with Gasteiger partial charge in [0.05, 0.1) is 20.0 Å². The number of rotatable bonds is 2. The second-order valence-electron chi connectivity index (χ2n) is 1.78. The molecule has 0 heterocycles. The van der Waals surface area contributed by atoms with Crippen molar-refractivity contribution in [2.45, 2.75) is 0 Å². The van der Waals surface area contributed by atoms with Crippen LogP contribution in [0.4, 0.5) is 0 Å². The van der Waals surface area contributed by atoms with E-state index in [-0.39, 0.29) is 0 Å². The van der Waals surface area contributed by atoms with E-state index in [2.05, 4.69) is 6.07 Å². The van der Waals surface area contributed by atoms with Crippen LogP contribution in [0.1, 0.15) is 0 Å². The fourth-order valence-electron chi connectivity index (χ4n) is 0.729. The molecule has 0 unspecified atom stereocenters. The van der Waals surface area contributed by atoms with Crippen LogP contribution in [0, 0.1) is 6.07 Å². The van der Waals surface area contributed by atoms with E-state index in [1.165, 1.54) is 0 Å². The Morgan fingerprint density at radius 1 is 1.25 bits per heavy atom. The molecule has 0 aliphatic rings. The number of benzene rings is 1. The van der Waals surface area contributed by atoms with Crippen molar-refractivity contribution in [3.8, 4) is 11.5 Å². The van der Waals surface area contributed by atoms with Crippen LogP contribution in [-0.4, -0.2) is 14.2 Å². The molecule has 0 saturated carbocycles. The van der Waals surface area contributed by atoms with Crippen LogP contribution in [0.5, 0.6) is 11.5 Å². The standard InChI is InChI=1S/C8H9O2.ClH.Zn/c1-9-7-5-3-4-6-8(7)10-2;;/h3,5-6H,1-2H3;1H;/q-1;;+2/p-1. The van der Waals surface area contributed by atoms with E-state index < -0.39 is 0 Å². The predicted molar refractivity (Wildman–Crippen MR) is 44.2 cm³/mol. The van der Waals surface area contributed by atoms with E-state index in [1.807, 2.05) is 0 Å². The van der Waals surface area contributed by atoms with E-state index in [0.29, 0.717) is 5.75 Å². The normalized spacial score (nSPS) is 8.08. The van der Waals surface area contributed by atoms with Gasteiger partial charge in [0.2, 0.25) is 0 Å². The molecule has 0 saturated heterocycles. The van der Waals surface area contributed by atoms with E-state index in [0.717, 1.165) is 23.1 Å². The maximum atomic E-state index is 4.99. The van der Waals surface area contributed by atoms with Crippen LogP contribution < -0.4 is 9.47 Å². The average molecular weight is 238 g/mol. The zero-order chi connectivity index (χ0) is 9.40. The molecule has 4 heteroatoms. The average Bonchev–Trinajstić information content (AvgIpc) is 2.20. The third-order valence-electron chi connectivity index (χ3n) is 1.23. The van der Waals surface area contributed by atoms with E-state index >= 15 is 0 Å². The van der Waals surface area contributed by atoms with Crippen molar-refractivity contribution in [2.75, 3.05) is 14.2 Å². The second kappa shape index (κ2) is 7.39. The fraction of sp³-hybridized carbons (Fsp3) is 0.250. The third-order valence-corrected chi connectivity index (χ3v) is 1.23. The maximum absolute atomic E-state index is 4.99. The molecule has 0 N–H and O–H groups in total. The van der Waals surface area contributed by atoms with Crippen LogP contribution >= 0.6 is 9.69 Å². The summed E-state index contributed by atoms with van der Waals surface area (Å²) in [7, 11) is 7.98. The van der Waals surface area contributed by atoms with Crippen molar-refractivity contribution in [3.63, 3.8) is 0 Å². The SMILES string of the molecule is COc1c[c-]ccc1OC.[Cl][Zn+]. The van der Waals surface area contributed by atoms with Gasteiger partial charge in [0.1, 0.15) is 0 Å². The summed E-state index contributed by atoms with van der Waals surface area (Å²) in [5, 5.41) is 0. The van der Waals surface area contributed by atoms with Gasteiger partial charge in [-0.25, -0.2) is 0 Å². The predicted octanol–water partition coefficient (Wildman–Crippen LogP) is 2.19. The Labute approximate surface area is 86.5 Å². The number of halogens is 1. The summed E-state index contributed by atoms with van der Waals surface area (Å²) in [6.45, 7) is 0. The molecular weight excluding hydrogens is 229 g/mol. The molecule has 0 aliphatic heterocycles. The summed E-state index contributed by atoms with van der Waals surface area (Å²) in [6.07, 6.45) is 0. The van der Waals surface area contributed by atoms with Crippen LogP contribution in [0.15, 0.2) is 18.2 Å². The summed E-state index contributed by atoms with van der Waals surface area (Å²) >= 11 is 0.847. The van der Waals surface area contributed by atoms with Crippen LogP contribution in [-0.2, 0) is 17.3 Å². The van der Waals surface area contributed by atoms with Crippen LogP contribution in [0.3, 0.4) is 0 Å². The summed E-state index contributed by atoms with van der Waals surface area (Å²) in [5.74, 6) is 1.45. The van der Waals surface area contributed by atoms with E-state index in [1.54, 1.807) is 32.4 Å². The summed E-state index contributed by atoms with van der Waals surface area (Å²) < 4.78 is 9.97. The Kier molecular flexibility index (Phi) is 7.22. The van der Waals surface area contributed by atoms with Crippen molar-refractivity contribution in [1.29, 1.82) is 0 Å². The van der Waals surface area contributed by atoms with Crippen molar-refractivity contribution in [2.24, 2.45) is 0 Å². The van der Waals surface area contributed by atoms with Gasteiger partial charge >= 0.3 is 27.0 Å². The molecule has 2 nitrogen and oxygen atoms in total. The summed E-state index contributed by atoms with van der Waals surface area (Å²) in [4.78, 5) is 0. The molecule has 12 heavy (non-hydrogen) atoms. The molecule has 0 radical (unpaired) electrons. The molecule has 0 amide bonds. The zero-order valence-corrected chi connectivity index (χ0v) is 10.9. The molecule has 0 bridgehead atoms. The molecule has 1 aromatic rings. The van der Waals surface area contributed by atoms with Gasteiger partial charge in [-0.05, 0) is 0 Å². The van der Waals surface area contributed by atoms with Gasteiger partial charge in [-0.15, -0.1) is 12.1 Å². The van der Waals surface area contributed by atoms with Crippen LogP contribution in [0.25, 0.3) is 0 Å². The number of hydrogen-bond acceptors (Lipinski definition) is 2. The molecule has 62 valence electrons. The quantitative estimate of drug-likeness (QED) is 0.580. The van der Waals surface area contributed by atoms with E-state index in [9.17, 15) is 0 Å². The molecule has 0 fully saturated rings. The number of hydrogen-bond donors (Lipinski definition) is 0. The van der Waals surface area contributed by atoms with Gasteiger partial charge in [-0.1, -0.05) is 0 Å². The molecule has 0 aliphatic carbocycles. The molecule has 1 rings (SSSR count). The van der Waals surface area contributed by atoms with Gasteiger partial charge < -0.3 is 9.47 Å². The fourth-order valence-corrected chi connectivity index (χ4v) is 0.729. The van der Waals surface area contributed by atoms with Gasteiger partial charge in [0, 0.05) is 5.75 Å². The first-order valence-corrected chi connectivity index (χ1v) is 7.13. The minimum absolute atomic E-state index is 0.713. The summed E-state index contributed by atoms with van der Waals surface area (Å²) in [5.41, 5.74) is 0. The Bertz CT molecular complexity index is 195. The van der Waals surface area contributed by atoms with Crippen molar-refractivity contribution in [1.82, 2.24) is 0 Å². The molecule has 0 aromatic heterocycles. The van der Waals surface area contributed by atoms with Crippen molar-refractivity contribution < 1.29 is 26.8 Å². The zero-order valence-electron chi connectivity index (χ0n) is 7.13. The van der Waals surface area contributed by atoms with Gasteiger partial charge in [-0.2, -0.15) is 12.1 Å². The third kappa shape index (κ3) is 3.42. The Balaban J connectivity index is 0.000000561. The molecule has 0 atom stereocenters. The molecule has 0 spiro atoms. The molecular formula is C8H9ClO2Zn. The topological polar surface area (TPSA) is 18.5 Å². The Hall–Kier alpha value is -0.267.